The van der Waals surface area contributed by atoms with Gasteiger partial charge in [-0.25, -0.2) is 5.43 Å². The van der Waals surface area contributed by atoms with Crippen LogP contribution in [0.25, 0.3) is 33.3 Å². The summed E-state index contributed by atoms with van der Waals surface area (Å²) in [6.45, 7) is 12.3. The first-order valence-electron chi connectivity index (χ1n) is 22.4. The smallest absolute Gasteiger partial charge is 0.324 e. The summed E-state index contributed by atoms with van der Waals surface area (Å²) in [5.41, 5.74) is 9.34. The fourth-order valence-corrected chi connectivity index (χ4v) is 9.15. The van der Waals surface area contributed by atoms with Crippen LogP contribution < -0.4 is 21.4 Å². The number of pyridine rings is 1. The lowest BCUT2D eigenvalue weighted by Gasteiger charge is -2.36. The van der Waals surface area contributed by atoms with Gasteiger partial charge in [-0.05, 0) is 97.7 Å². The lowest BCUT2D eigenvalue weighted by molar-refractivity contribution is -0.155. The normalized spacial score (nSPS) is 21.8. The van der Waals surface area contributed by atoms with Gasteiger partial charge in [-0.2, -0.15) is 0 Å². The molecule has 0 radical (unpaired) electrons. The third-order valence-corrected chi connectivity index (χ3v) is 12.6. The Morgan fingerprint density at radius 2 is 1.85 bits per heavy atom. The van der Waals surface area contributed by atoms with Crippen molar-refractivity contribution >= 4 is 40.5 Å². The monoisotopic (exact) mass is 894 g/mol. The number of aryl methyl sites for hydroxylation is 1. The van der Waals surface area contributed by atoms with Crippen LogP contribution in [0.4, 0.5) is 0 Å². The summed E-state index contributed by atoms with van der Waals surface area (Å²) < 4.78 is 14.1. The zero-order valence-electron chi connectivity index (χ0n) is 38.4. The Bertz CT molecular complexity index is 2470. The predicted molar refractivity (Wildman–Crippen MR) is 243 cm³/mol. The fourth-order valence-electron chi connectivity index (χ4n) is 9.15. The van der Waals surface area contributed by atoms with E-state index in [1.54, 1.807) is 39.3 Å². The Balaban J connectivity index is 1.30. The van der Waals surface area contributed by atoms with Gasteiger partial charge >= 0.3 is 5.97 Å². The van der Waals surface area contributed by atoms with Gasteiger partial charge in [0.05, 0.1) is 30.6 Å². The van der Waals surface area contributed by atoms with E-state index in [0.29, 0.717) is 36.9 Å². The zero-order chi connectivity index (χ0) is 46.9. The number of aliphatic hydroxyl groups excluding tert-OH is 1. The van der Waals surface area contributed by atoms with Crippen LogP contribution >= 0.6 is 0 Å². The molecule has 7 rings (SSSR count). The van der Waals surface area contributed by atoms with Crippen molar-refractivity contribution in [1.82, 2.24) is 40.8 Å². The van der Waals surface area contributed by atoms with E-state index >= 15 is 0 Å². The number of phenols is 1. The van der Waals surface area contributed by atoms with E-state index in [4.69, 9.17) is 14.5 Å². The summed E-state index contributed by atoms with van der Waals surface area (Å²) in [7, 11) is 3.12. The summed E-state index contributed by atoms with van der Waals surface area (Å²) >= 11 is 0. The maximum atomic E-state index is 14.6. The van der Waals surface area contributed by atoms with Crippen LogP contribution in [-0.2, 0) is 52.8 Å². The number of carbonyl (C=O) groups is 5. The molecule has 3 aliphatic rings. The number of hydrogen-bond donors (Lipinski definition) is 6. The lowest BCUT2D eigenvalue weighted by Crippen LogP contribution is -2.62. The van der Waals surface area contributed by atoms with Crippen molar-refractivity contribution in [3.8, 4) is 28.1 Å². The molecule has 17 nitrogen and oxygen atoms in total. The number of methoxy groups -OCH3 is 1. The molecule has 6 N–H and O–H groups in total. The first-order valence-corrected chi connectivity index (χ1v) is 22.4. The largest absolute Gasteiger partial charge is 0.508 e. The molecule has 6 bridgehead atoms. The number of carbonyl (C=O) groups excluding carboxylic acids is 5. The van der Waals surface area contributed by atoms with Crippen LogP contribution in [0.3, 0.4) is 0 Å². The van der Waals surface area contributed by atoms with Crippen molar-refractivity contribution < 1.29 is 43.7 Å². The van der Waals surface area contributed by atoms with Crippen LogP contribution in [0.2, 0.25) is 0 Å². The van der Waals surface area contributed by atoms with Crippen molar-refractivity contribution in [3.05, 3.63) is 71.5 Å². The van der Waals surface area contributed by atoms with Gasteiger partial charge < -0.3 is 39.8 Å². The number of nitrogens with zero attached hydrogens (tertiary/aromatic N) is 4. The number of aromatic nitrogens is 2. The average Bonchev–Trinajstić information content (AvgIpc) is 3.95. The molecule has 348 valence electrons. The molecule has 0 aliphatic carbocycles. The maximum absolute atomic E-state index is 14.6. The number of ether oxygens (including phenoxy) is 2. The minimum atomic E-state index is -1.21. The van der Waals surface area contributed by atoms with Gasteiger partial charge in [0.1, 0.15) is 36.1 Å². The molecular formula is C48H62N8O9. The number of hydrogen-bond acceptors (Lipinski definition) is 12. The van der Waals surface area contributed by atoms with Gasteiger partial charge in [0.2, 0.25) is 17.7 Å². The summed E-state index contributed by atoms with van der Waals surface area (Å²) in [5.74, 6) is -3.17. The molecule has 0 spiro atoms. The Kier molecular flexibility index (Phi) is 14.0. The van der Waals surface area contributed by atoms with Gasteiger partial charge in [0.15, 0.2) is 0 Å². The van der Waals surface area contributed by atoms with E-state index < -0.39 is 77.9 Å². The molecule has 0 saturated carbocycles. The van der Waals surface area contributed by atoms with Crippen molar-refractivity contribution in [1.29, 1.82) is 0 Å². The summed E-state index contributed by atoms with van der Waals surface area (Å²) in [6.07, 6.45) is 1.88. The van der Waals surface area contributed by atoms with Crippen LogP contribution in [0.15, 0.2) is 54.7 Å². The molecule has 2 fully saturated rings. The lowest BCUT2D eigenvalue weighted by atomic mass is 9.84. The quantitative estimate of drug-likeness (QED) is 0.0942. The topological polar surface area (TPSA) is 227 Å². The molecule has 4 aromatic rings. The third-order valence-electron chi connectivity index (χ3n) is 12.6. The first kappa shape index (κ1) is 47.1. The number of amides is 4. The molecule has 17 heteroatoms. The molecule has 2 aromatic carbocycles. The maximum Gasteiger partial charge on any atom is 0.324 e. The third kappa shape index (κ3) is 10.2. The molecule has 3 aliphatic heterocycles. The number of aliphatic hydroxyl groups is 1. The molecule has 2 aromatic heterocycles. The van der Waals surface area contributed by atoms with Crippen LogP contribution in [0, 0.1) is 11.3 Å². The minimum Gasteiger partial charge on any atom is -0.508 e. The Morgan fingerprint density at radius 3 is 2.54 bits per heavy atom. The number of rotatable bonds is 11. The van der Waals surface area contributed by atoms with Gasteiger partial charge in [-0.15, -0.1) is 0 Å². The van der Waals surface area contributed by atoms with E-state index in [1.165, 1.54) is 17.0 Å². The zero-order valence-corrected chi connectivity index (χ0v) is 38.4. The molecule has 6 atom stereocenters. The molecule has 65 heavy (non-hydrogen) atoms. The van der Waals surface area contributed by atoms with E-state index in [1.807, 2.05) is 25.1 Å². The second-order valence-electron chi connectivity index (χ2n) is 18.5. The van der Waals surface area contributed by atoms with Crippen LogP contribution in [0.1, 0.15) is 77.3 Å². The number of esters is 1. The van der Waals surface area contributed by atoms with Gasteiger partial charge in [-0.1, -0.05) is 39.8 Å². The number of likely N-dealkylation sites (N-methyl/N-ethyl adjacent to an activating group) is 1. The molecule has 0 unspecified atom stereocenters. The summed E-state index contributed by atoms with van der Waals surface area (Å²) in [5, 5.41) is 31.1. The van der Waals surface area contributed by atoms with E-state index in [0.717, 1.165) is 39.0 Å². The number of benzene rings is 2. The molecule has 5 heterocycles. The fraction of sp³-hybridized carbons (Fsp3) is 0.500. The number of cyclic esters (lactones) is 1. The number of fused-ring (bicyclic) bond motifs is 6. The highest BCUT2D eigenvalue weighted by Crippen LogP contribution is 2.42. The SMILES string of the molecule is CCn1c(-c2cccnc2[C@H](C)OC)c2c3cc(ccc31)-c1cc(O)cc(c1)C[C@H](NC(=O)[C@H](C(C)C)N(C)C(=O)CNC(=O)[C@@H]1N[C@@H]1O)C(=O)N1CCC[C@H](N1)C(=O)OCC(C)(C)C2. The number of aromatic hydroxyl groups is 1. The predicted octanol–water partition coefficient (Wildman–Crippen LogP) is 3.34. The molecule has 4 amide bonds. The van der Waals surface area contributed by atoms with Crippen molar-refractivity contribution in [3.63, 3.8) is 0 Å². The van der Waals surface area contributed by atoms with Gasteiger partial charge in [0.25, 0.3) is 5.91 Å². The molecular weight excluding hydrogens is 833 g/mol. The number of phenolic OH excluding ortho intramolecular Hbond substituents is 1. The van der Waals surface area contributed by atoms with Crippen molar-refractivity contribution in [2.75, 3.05) is 33.9 Å². The Labute approximate surface area is 379 Å². The summed E-state index contributed by atoms with van der Waals surface area (Å²) in [6, 6.07) is 11.4. The van der Waals surface area contributed by atoms with Crippen molar-refractivity contribution in [2.45, 2.75) is 110 Å². The standard InChI is InChI=1S/C48H62N8O9/c1-9-55-37-15-14-29-22-33(37)34(42(55)32-12-10-16-49-39(32)27(4)64-8)23-48(5,6)25-65-47(63)35-13-11-17-56(53-35)46(62)36(20-28-18-30(29)21-31(57)19-28)51-45(61)41(26(2)3)54(7)38(58)24-50-43(59)40-44(60)52-40/h10,12,14-16,18-19,21-22,26-27,35-36,40-41,44,52-53,57,60H,9,11,13,17,20,23-25H2,1-8H3,(H,50,59)(H,51,61)/t27-,35-,36-,40-,41-,44+/m0/s1. The number of nitrogens with one attached hydrogen (secondary N) is 4. The highest BCUT2D eigenvalue weighted by molar-refractivity contribution is 5.96. The second-order valence-corrected chi connectivity index (χ2v) is 18.5. The van der Waals surface area contributed by atoms with E-state index in [9.17, 15) is 34.2 Å². The average molecular weight is 895 g/mol. The first-order chi connectivity index (χ1) is 30.9. The van der Waals surface area contributed by atoms with Crippen LogP contribution in [-0.4, -0.2) is 124 Å². The Morgan fingerprint density at radius 1 is 1.09 bits per heavy atom. The highest BCUT2D eigenvalue weighted by Gasteiger charge is 2.42. The number of hydrazine groups is 1. The second kappa shape index (κ2) is 19.3. The van der Waals surface area contributed by atoms with E-state index in [-0.39, 0.29) is 31.4 Å². The minimum absolute atomic E-state index is 0.0356. The van der Waals surface area contributed by atoms with Gasteiger partial charge in [0, 0.05) is 61.7 Å². The van der Waals surface area contributed by atoms with E-state index in [2.05, 4.69) is 64.9 Å². The Hall–Kier alpha value is -5.88. The van der Waals surface area contributed by atoms with Crippen molar-refractivity contribution in [2.24, 2.45) is 11.3 Å². The summed E-state index contributed by atoms with van der Waals surface area (Å²) in [4.78, 5) is 74.5. The van der Waals surface area contributed by atoms with Crippen LogP contribution in [0.5, 0.6) is 5.75 Å². The van der Waals surface area contributed by atoms with Gasteiger partial charge in [-0.3, -0.25) is 39.3 Å². The molecule has 2 saturated heterocycles. The highest BCUT2D eigenvalue weighted by atomic mass is 16.5.